The van der Waals surface area contributed by atoms with Crippen LogP contribution in [0.1, 0.15) is 5.01 Å². The van der Waals surface area contributed by atoms with E-state index in [2.05, 4.69) is 17.2 Å². The molecular formula is C8H6NO3PS2. The summed E-state index contributed by atoms with van der Waals surface area (Å²) in [6.45, 7) is 0. The lowest BCUT2D eigenvalue weighted by atomic mass is 10.3. The lowest BCUT2D eigenvalue weighted by Crippen LogP contribution is -1.96. The van der Waals surface area contributed by atoms with E-state index in [1.54, 1.807) is 6.07 Å². The van der Waals surface area contributed by atoms with Crippen LogP contribution in [0.3, 0.4) is 0 Å². The minimum atomic E-state index is -4.35. The second kappa shape index (κ2) is 3.73. The van der Waals surface area contributed by atoms with Gasteiger partial charge in [0.15, 0.2) is 4.61 Å². The molecule has 7 heteroatoms. The van der Waals surface area contributed by atoms with Gasteiger partial charge in [0.25, 0.3) is 0 Å². The molecule has 4 nitrogen and oxygen atoms in total. The van der Waals surface area contributed by atoms with Gasteiger partial charge in [-0.2, -0.15) is 0 Å². The Hall–Kier alpha value is -0.650. The van der Waals surface area contributed by atoms with Crippen LogP contribution in [0.25, 0.3) is 10.2 Å². The van der Waals surface area contributed by atoms with Crippen LogP contribution in [0.2, 0.25) is 0 Å². The number of nitrogens with zero attached hydrogens (tertiary/aromatic N) is 1. The van der Waals surface area contributed by atoms with Crippen molar-refractivity contribution in [2.24, 2.45) is 0 Å². The van der Waals surface area contributed by atoms with Crippen LogP contribution in [0.5, 0.6) is 0 Å². The Morgan fingerprint density at radius 1 is 1.40 bits per heavy atom. The third-order valence-electron chi connectivity index (χ3n) is 1.74. The average molecular weight is 259 g/mol. The molecule has 0 saturated heterocycles. The number of fused-ring (bicyclic) bond motifs is 1. The Morgan fingerprint density at radius 3 is 2.67 bits per heavy atom. The van der Waals surface area contributed by atoms with E-state index in [0.717, 1.165) is 4.70 Å². The summed E-state index contributed by atoms with van der Waals surface area (Å²) in [6, 6.07) is 7.26. The summed E-state index contributed by atoms with van der Waals surface area (Å²) < 4.78 is 11.4. The number of aromatic nitrogens is 1. The van der Waals surface area contributed by atoms with Crippen LogP contribution in [0.4, 0.5) is 0 Å². The average Bonchev–Trinajstić information content (AvgIpc) is 2.58. The molecule has 2 N–H and O–H groups in total. The zero-order valence-corrected chi connectivity index (χ0v) is 9.85. The molecule has 0 aliphatic rings. The molecule has 0 bridgehead atoms. The van der Waals surface area contributed by atoms with Gasteiger partial charge in [0, 0.05) is 0 Å². The summed E-state index contributed by atoms with van der Waals surface area (Å²) in [7, 11) is -4.35. The molecular weight excluding hydrogens is 253 g/mol. The lowest BCUT2D eigenvalue weighted by molar-refractivity contribution is 0.392. The monoisotopic (exact) mass is 259 g/mol. The van der Waals surface area contributed by atoms with Gasteiger partial charge in [-0.15, -0.1) is 11.3 Å². The number of thiazole rings is 1. The fourth-order valence-corrected chi connectivity index (χ4v) is 2.86. The first-order valence-corrected chi connectivity index (χ1v) is 6.78. The highest BCUT2D eigenvalue weighted by molar-refractivity contribution is 7.98. The van der Waals surface area contributed by atoms with Gasteiger partial charge in [-0.1, -0.05) is 24.4 Å². The number of para-hydroxylation sites is 1. The molecule has 2 rings (SSSR count). The van der Waals surface area contributed by atoms with E-state index in [1.165, 1.54) is 11.3 Å². The van der Waals surface area contributed by atoms with Crippen molar-refractivity contribution in [3.63, 3.8) is 0 Å². The van der Waals surface area contributed by atoms with Gasteiger partial charge in [0.05, 0.1) is 10.2 Å². The number of rotatable bonds is 2. The molecule has 0 spiro atoms. The third-order valence-corrected chi connectivity index (χ3v) is 4.72. The Kier molecular flexibility index (Phi) is 2.70. The Bertz CT molecular complexity index is 541. The Balaban J connectivity index is 2.55. The van der Waals surface area contributed by atoms with E-state index >= 15 is 0 Å². The largest absolute Gasteiger partial charge is 0.370 e. The number of hydrogen-bond donors (Lipinski definition) is 2. The first kappa shape index (κ1) is 10.9. The van der Waals surface area contributed by atoms with E-state index < -0.39 is 7.60 Å². The smallest absolute Gasteiger partial charge is 0.320 e. The van der Waals surface area contributed by atoms with E-state index in [9.17, 15) is 4.57 Å². The molecule has 0 radical (unpaired) electrons. The summed E-state index contributed by atoms with van der Waals surface area (Å²) >= 11 is 5.87. The van der Waals surface area contributed by atoms with Crippen molar-refractivity contribution in [2.45, 2.75) is 0 Å². The van der Waals surface area contributed by atoms with Crippen molar-refractivity contribution in [2.75, 3.05) is 0 Å². The van der Waals surface area contributed by atoms with E-state index in [0.29, 0.717) is 5.52 Å². The first-order chi connectivity index (χ1) is 6.98. The highest BCUT2D eigenvalue weighted by Gasteiger charge is 2.25. The van der Waals surface area contributed by atoms with Crippen molar-refractivity contribution in [1.29, 1.82) is 0 Å². The maximum absolute atomic E-state index is 10.9. The van der Waals surface area contributed by atoms with Crippen LogP contribution < -0.4 is 0 Å². The molecule has 0 aliphatic heterocycles. The van der Waals surface area contributed by atoms with Crippen molar-refractivity contribution >= 4 is 46.0 Å². The fourth-order valence-electron chi connectivity index (χ4n) is 1.09. The van der Waals surface area contributed by atoms with Crippen LogP contribution in [0.15, 0.2) is 24.3 Å². The molecule has 0 aliphatic carbocycles. The minimum absolute atomic E-state index is 0.222. The molecule has 1 aromatic heterocycles. The predicted octanol–water partition coefficient (Wildman–Crippen LogP) is 2.15. The van der Waals surface area contributed by atoms with Gasteiger partial charge in [-0.05, 0) is 12.1 Å². The molecule has 15 heavy (non-hydrogen) atoms. The van der Waals surface area contributed by atoms with E-state index in [1.807, 2.05) is 18.2 Å². The van der Waals surface area contributed by atoms with Crippen molar-refractivity contribution in [3.05, 3.63) is 29.3 Å². The zero-order chi connectivity index (χ0) is 11.1. The molecule has 0 saturated carbocycles. The second-order valence-electron chi connectivity index (χ2n) is 2.84. The molecule has 1 heterocycles. The number of benzene rings is 1. The van der Waals surface area contributed by atoms with Gasteiger partial charge in [0.1, 0.15) is 5.01 Å². The molecule has 1 aromatic carbocycles. The van der Waals surface area contributed by atoms with Gasteiger partial charge >= 0.3 is 7.60 Å². The molecule has 0 unspecified atom stereocenters. The van der Waals surface area contributed by atoms with Gasteiger partial charge in [-0.3, -0.25) is 4.57 Å². The first-order valence-electron chi connectivity index (χ1n) is 3.94. The summed E-state index contributed by atoms with van der Waals surface area (Å²) in [5.74, 6) is 0. The number of thiocarbonyl (C=S) groups is 1. The van der Waals surface area contributed by atoms with Gasteiger partial charge in [0.2, 0.25) is 0 Å². The highest BCUT2D eigenvalue weighted by Crippen LogP contribution is 2.41. The van der Waals surface area contributed by atoms with Crippen molar-refractivity contribution < 1.29 is 14.4 Å². The lowest BCUT2D eigenvalue weighted by Gasteiger charge is -2.00. The van der Waals surface area contributed by atoms with Crippen LogP contribution >= 0.6 is 31.2 Å². The molecule has 2 aromatic rings. The summed E-state index contributed by atoms with van der Waals surface area (Å²) in [4.78, 5) is 21.9. The highest BCUT2D eigenvalue weighted by atomic mass is 32.1. The normalized spacial score (nSPS) is 11.9. The molecule has 0 fully saturated rings. The number of hydrogen-bond acceptors (Lipinski definition) is 4. The van der Waals surface area contributed by atoms with Crippen LogP contribution in [-0.4, -0.2) is 19.4 Å². The van der Waals surface area contributed by atoms with E-state index in [-0.39, 0.29) is 9.61 Å². The van der Waals surface area contributed by atoms with Gasteiger partial charge in [-0.25, -0.2) is 4.98 Å². The molecule has 78 valence electrons. The summed E-state index contributed by atoms with van der Waals surface area (Å²) in [6.07, 6.45) is 0. The Morgan fingerprint density at radius 2 is 2.07 bits per heavy atom. The van der Waals surface area contributed by atoms with Gasteiger partial charge < -0.3 is 9.79 Å². The fraction of sp³-hybridized carbons (Fsp3) is 0. The topological polar surface area (TPSA) is 70.4 Å². The van der Waals surface area contributed by atoms with Crippen molar-refractivity contribution in [3.8, 4) is 0 Å². The minimum Gasteiger partial charge on any atom is -0.320 e. The van der Waals surface area contributed by atoms with Crippen LogP contribution in [0, 0.1) is 0 Å². The zero-order valence-electron chi connectivity index (χ0n) is 7.32. The molecule has 0 atom stereocenters. The predicted molar refractivity (Wildman–Crippen MR) is 63.4 cm³/mol. The SMILES string of the molecule is O=P(O)(O)C(=S)c1nc2ccccc2s1. The Labute approximate surface area is 94.7 Å². The molecule has 0 amide bonds. The van der Waals surface area contributed by atoms with Crippen LogP contribution in [-0.2, 0) is 4.57 Å². The van der Waals surface area contributed by atoms with Crippen molar-refractivity contribution in [1.82, 2.24) is 4.98 Å². The maximum atomic E-state index is 10.9. The van der Waals surface area contributed by atoms with E-state index in [4.69, 9.17) is 9.79 Å². The summed E-state index contributed by atoms with van der Waals surface area (Å²) in [5, 5.41) is 0.222. The summed E-state index contributed by atoms with van der Waals surface area (Å²) in [5.41, 5.74) is 0.702. The maximum Gasteiger partial charge on any atom is 0.370 e. The second-order valence-corrected chi connectivity index (χ2v) is 6.11. The standard InChI is InChI=1S/C8H6NO3PS2/c10-13(11,12)8(14)7-9-5-3-1-2-4-6(5)15-7/h1-4H,(H2,10,11,12). The third kappa shape index (κ3) is 2.14. The quantitative estimate of drug-likeness (QED) is 0.638.